The van der Waals surface area contributed by atoms with E-state index in [1.54, 1.807) is 12.1 Å². The van der Waals surface area contributed by atoms with E-state index in [1.165, 1.54) is 0 Å². The molecule has 34 heavy (non-hydrogen) atoms. The molecule has 2 bridgehead atoms. The second-order valence-corrected chi connectivity index (χ2v) is 8.92. The highest BCUT2D eigenvalue weighted by Gasteiger charge is 2.72. The molecule has 12 heteroatoms. The lowest BCUT2D eigenvalue weighted by molar-refractivity contribution is -0.192. The lowest BCUT2D eigenvalue weighted by Gasteiger charge is -2.61. The van der Waals surface area contributed by atoms with Crippen molar-refractivity contribution in [3.05, 3.63) is 35.1 Å². The Bertz CT molecular complexity index is 1060. The summed E-state index contributed by atoms with van der Waals surface area (Å²) in [6.07, 6.45) is -2.08. The van der Waals surface area contributed by atoms with Crippen LogP contribution in [0.2, 0.25) is 0 Å². The van der Waals surface area contributed by atoms with Crippen LogP contribution in [0.5, 0.6) is 11.5 Å². The van der Waals surface area contributed by atoms with E-state index in [1.807, 2.05) is 13.1 Å². The summed E-state index contributed by atoms with van der Waals surface area (Å²) in [6, 6.07) is 3.51. The van der Waals surface area contributed by atoms with Crippen molar-refractivity contribution < 1.29 is 47.6 Å². The van der Waals surface area contributed by atoms with Gasteiger partial charge < -0.3 is 35.4 Å². The number of carbonyl (C=O) groups is 2. The molecule has 4 atom stereocenters. The van der Waals surface area contributed by atoms with Gasteiger partial charge in [-0.05, 0) is 44.1 Å². The van der Waals surface area contributed by atoms with E-state index < -0.39 is 35.2 Å². The number of likely N-dealkylation sites (tertiary alicyclic amines) is 1. The number of nitrogens with two attached hydrogens (primary N) is 1. The molecule has 0 amide bonds. The van der Waals surface area contributed by atoms with Crippen LogP contribution in [0.4, 0.5) is 13.2 Å². The first kappa shape index (κ1) is 24.3. The van der Waals surface area contributed by atoms with E-state index in [4.69, 9.17) is 25.1 Å². The number of likely N-dealkylation sites (N-methyl/N-ethyl adjacent to an activating group) is 1. The molecule has 1 fully saturated rings. The van der Waals surface area contributed by atoms with Gasteiger partial charge in [0.2, 0.25) is 0 Å². The first-order valence-electron chi connectivity index (χ1n) is 10.7. The molecule has 5 N–H and O–H groups in total. The Morgan fingerprint density at radius 2 is 2.03 bits per heavy atom. The quantitative estimate of drug-likeness (QED) is 0.464. The third-order valence-electron chi connectivity index (χ3n) is 7.18. The Hall–Kier alpha value is -2.83. The molecule has 2 aliphatic carbocycles. The van der Waals surface area contributed by atoms with Crippen LogP contribution in [0.15, 0.2) is 24.0 Å². The van der Waals surface area contributed by atoms with Crippen LogP contribution in [0.3, 0.4) is 0 Å². The van der Waals surface area contributed by atoms with Crippen molar-refractivity contribution in [2.45, 2.75) is 55.0 Å². The minimum atomic E-state index is -5.08. The number of carboxylic acid groups (broad SMARTS) is 1. The number of benzene rings is 1. The number of carbonyl (C=O) groups excluding carboxylic acids is 1. The van der Waals surface area contributed by atoms with Crippen molar-refractivity contribution in [2.75, 3.05) is 20.1 Å². The van der Waals surface area contributed by atoms with Crippen LogP contribution in [0.1, 0.15) is 30.4 Å². The molecule has 186 valence electrons. The summed E-state index contributed by atoms with van der Waals surface area (Å²) in [6.45, 7) is 1.01. The summed E-state index contributed by atoms with van der Waals surface area (Å²) in [5, 5.41) is 29.5. The normalized spacial score (nSPS) is 30.8. The largest absolute Gasteiger partial charge is 0.504 e. The number of esters is 1. The lowest BCUT2D eigenvalue weighted by atomic mass is 9.50. The lowest BCUT2D eigenvalue weighted by Crippen LogP contribution is -2.74. The predicted octanol–water partition coefficient (Wildman–Crippen LogP) is 1.20. The maximum absolute atomic E-state index is 12.1. The highest BCUT2D eigenvalue weighted by molar-refractivity contribution is 5.73. The van der Waals surface area contributed by atoms with Crippen LogP contribution < -0.4 is 10.5 Å². The zero-order chi connectivity index (χ0) is 25.1. The summed E-state index contributed by atoms with van der Waals surface area (Å²) >= 11 is 0. The van der Waals surface area contributed by atoms with Gasteiger partial charge in [0.15, 0.2) is 17.6 Å². The van der Waals surface area contributed by atoms with Gasteiger partial charge in [-0.3, -0.25) is 4.79 Å². The molecular formula is C22H25F3N2O7. The van der Waals surface area contributed by atoms with Gasteiger partial charge in [0.1, 0.15) is 5.76 Å². The van der Waals surface area contributed by atoms with Gasteiger partial charge >= 0.3 is 18.1 Å². The first-order chi connectivity index (χ1) is 15.9. The number of piperidine rings is 1. The molecule has 4 aliphatic rings. The van der Waals surface area contributed by atoms with Crippen LogP contribution in [-0.4, -0.2) is 76.2 Å². The number of aromatic hydroxyl groups is 1. The van der Waals surface area contributed by atoms with E-state index in [-0.39, 0.29) is 24.8 Å². The number of ether oxygens (including phenoxy) is 2. The Kier molecular flexibility index (Phi) is 5.82. The van der Waals surface area contributed by atoms with Gasteiger partial charge in [0, 0.05) is 24.6 Å². The second kappa shape index (κ2) is 8.14. The zero-order valence-electron chi connectivity index (χ0n) is 18.3. The van der Waals surface area contributed by atoms with Gasteiger partial charge in [-0.25, -0.2) is 4.79 Å². The van der Waals surface area contributed by atoms with Crippen molar-refractivity contribution in [2.24, 2.45) is 5.73 Å². The number of phenolic OH excluding ortho intramolecular Hbond substituents is 1. The third-order valence-corrected chi connectivity index (χ3v) is 7.18. The van der Waals surface area contributed by atoms with Gasteiger partial charge in [-0.2, -0.15) is 13.2 Å². The molecular weight excluding hydrogens is 461 g/mol. The van der Waals surface area contributed by atoms with Crippen molar-refractivity contribution in [3.8, 4) is 11.5 Å². The SMILES string of the molecule is CN1CC[C@]23c4c5ccc(O)c4O[C@H]2C(OC(=O)CCN)=CC[C@@]3(O)[C@H]1C5.O=C(O)C(F)(F)F. The standard InChI is InChI=1S/C20H24N2O5.C2HF3O2/c1-22-9-7-19-16-11-2-3-12(23)17(16)27-18(19)13(26-15(24)5-8-21)4-6-20(19,25)14(22)10-11;3-2(4,5)1(6)7/h2-4,14,18,23,25H,5-10,21H2,1H3;(H,6,7)/t14-,18+,19+,20-;/m1./s1. The molecule has 0 aromatic heterocycles. The Labute approximate surface area is 192 Å². The number of hydrogen-bond donors (Lipinski definition) is 4. The average Bonchev–Trinajstić information content (AvgIpc) is 3.10. The predicted molar refractivity (Wildman–Crippen MR) is 110 cm³/mol. The number of alkyl halides is 3. The molecule has 0 saturated carbocycles. The fourth-order valence-electron chi connectivity index (χ4n) is 5.74. The van der Waals surface area contributed by atoms with Crippen molar-refractivity contribution in [1.29, 1.82) is 0 Å². The number of aliphatic carboxylic acids is 1. The molecule has 2 heterocycles. The number of phenols is 1. The monoisotopic (exact) mass is 486 g/mol. The van der Waals surface area contributed by atoms with Crippen LogP contribution in [0, 0.1) is 0 Å². The fourth-order valence-corrected chi connectivity index (χ4v) is 5.74. The molecule has 1 saturated heterocycles. The molecule has 0 unspecified atom stereocenters. The molecule has 9 nitrogen and oxygen atoms in total. The molecule has 1 spiro atoms. The van der Waals surface area contributed by atoms with Crippen molar-refractivity contribution in [1.82, 2.24) is 4.90 Å². The minimum absolute atomic E-state index is 0.0575. The van der Waals surface area contributed by atoms with Crippen LogP contribution >= 0.6 is 0 Å². The molecule has 2 aliphatic heterocycles. The van der Waals surface area contributed by atoms with Gasteiger partial charge in [-0.15, -0.1) is 0 Å². The van der Waals surface area contributed by atoms with E-state index in [0.29, 0.717) is 30.8 Å². The van der Waals surface area contributed by atoms with E-state index >= 15 is 0 Å². The average molecular weight is 486 g/mol. The second-order valence-electron chi connectivity index (χ2n) is 8.92. The summed E-state index contributed by atoms with van der Waals surface area (Å²) in [7, 11) is 2.03. The van der Waals surface area contributed by atoms with Gasteiger partial charge in [0.25, 0.3) is 0 Å². The topological polar surface area (TPSA) is 143 Å². The third kappa shape index (κ3) is 3.43. The van der Waals surface area contributed by atoms with E-state index in [0.717, 1.165) is 17.7 Å². The summed E-state index contributed by atoms with van der Waals surface area (Å²) in [5.74, 6) is -2.27. The number of aliphatic hydroxyl groups is 1. The summed E-state index contributed by atoms with van der Waals surface area (Å²) in [4.78, 5) is 23.2. The van der Waals surface area contributed by atoms with Gasteiger partial charge in [0.05, 0.1) is 17.4 Å². The number of halogens is 3. The highest BCUT2D eigenvalue weighted by atomic mass is 19.4. The minimum Gasteiger partial charge on any atom is -0.504 e. The first-order valence-corrected chi connectivity index (χ1v) is 10.7. The van der Waals surface area contributed by atoms with E-state index in [2.05, 4.69) is 4.90 Å². The molecule has 1 aromatic carbocycles. The van der Waals surface area contributed by atoms with Crippen LogP contribution in [-0.2, 0) is 26.2 Å². The highest BCUT2D eigenvalue weighted by Crippen LogP contribution is 2.65. The maximum atomic E-state index is 12.1. The number of hydrogen-bond acceptors (Lipinski definition) is 8. The molecule has 1 aromatic rings. The number of nitrogens with zero attached hydrogens (tertiary/aromatic N) is 1. The smallest absolute Gasteiger partial charge is 0.490 e. The Morgan fingerprint density at radius 1 is 1.35 bits per heavy atom. The maximum Gasteiger partial charge on any atom is 0.490 e. The zero-order valence-corrected chi connectivity index (χ0v) is 18.3. The summed E-state index contributed by atoms with van der Waals surface area (Å²) < 4.78 is 43.5. The number of rotatable bonds is 3. The summed E-state index contributed by atoms with van der Waals surface area (Å²) in [5.41, 5.74) is 5.68. The fraction of sp³-hybridized carbons (Fsp3) is 0.545. The Morgan fingerprint density at radius 3 is 2.65 bits per heavy atom. The molecule has 5 rings (SSSR count). The van der Waals surface area contributed by atoms with Crippen LogP contribution in [0.25, 0.3) is 0 Å². The van der Waals surface area contributed by atoms with Gasteiger partial charge in [-0.1, -0.05) is 6.07 Å². The van der Waals surface area contributed by atoms with Crippen molar-refractivity contribution >= 4 is 11.9 Å². The Balaban J connectivity index is 0.000000344. The van der Waals surface area contributed by atoms with E-state index in [9.17, 15) is 28.2 Å². The molecule has 0 radical (unpaired) electrons. The van der Waals surface area contributed by atoms with Crippen molar-refractivity contribution in [3.63, 3.8) is 0 Å². The number of carboxylic acids is 1.